The molecule has 3 heterocycles. The molecule has 154 valence electrons. The molecule has 1 atom stereocenters. The number of H-pyrrole nitrogens is 1. The molecule has 2 N–H and O–H groups in total. The second kappa shape index (κ2) is 8.32. The van der Waals surface area contributed by atoms with Gasteiger partial charge in [0, 0.05) is 31.8 Å². The molecule has 2 aromatic rings. The summed E-state index contributed by atoms with van der Waals surface area (Å²) in [5.41, 5.74) is 2.72. The van der Waals surface area contributed by atoms with Gasteiger partial charge in [-0.1, -0.05) is 12.1 Å². The Bertz CT molecular complexity index is 913. The van der Waals surface area contributed by atoms with E-state index in [1.807, 2.05) is 0 Å². The summed E-state index contributed by atoms with van der Waals surface area (Å²) in [6.07, 6.45) is 2.51. The van der Waals surface area contributed by atoms with Crippen molar-refractivity contribution in [3.05, 3.63) is 52.6 Å². The highest BCUT2D eigenvalue weighted by atomic mass is 19.1. The second-order valence-corrected chi connectivity index (χ2v) is 7.84. The molecule has 0 aliphatic carbocycles. The van der Waals surface area contributed by atoms with E-state index in [2.05, 4.69) is 10.2 Å². The fourth-order valence-corrected chi connectivity index (χ4v) is 4.19. The number of carbonyl (C=O) groups is 2. The molecule has 1 aromatic carbocycles. The van der Waals surface area contributed by atoms with Gasteiger partial charge >= 0.3 is 0 Å². The van der Waals surface area contributed by atoms with Gasteiger partial charge in [-0.2, -0.15) is 5.10 Å². The summed E-state index contributed by atoms with van der Waals surface area (Å²) >= 11 is 0. The number of nitrogens with one attached hydrogen (secondary N) is 1. The van der Waals surface area contributed by atoms with Gasteiger partial charge < -0.3 is 14.9 Å². The predicted octanol–water partition coefficient (Wildman–Crippen LogP) is 1.52. The molecule has 7 nitrogen and oxygen atoms in total. The van der Waals surface area contributed by atoms with Crippen molar-refractivity contribution in [3.8, 4) is 0 Å². The Morgan fingerprint density at radius 1 is 1.28 bits per heavy atom. The Hall–Kier alpha value is -2.74. The number of aromatic amines is 1. The molecule has 1 fully saturated rings. The van der Waals surface area contributed by atoms with Crippen LogP contribution in [0, 0.1) is 11.7 Å². The molecule has 0 saturated carbocycles. The number of halogens is 1. The van der Waals surface area contributed by atoms with E-state index < -0.39 is 0 Å². The first-order chi connectivity index (χ1) is 14.0. The molecule has 1 unspecified atom stereocenters. The number of aromatic nitrogens is 2. The minimum Gasteiger partial charge on any atom is -0.396 e. The maximum atomic E-state index is 13.3. The maximum absolute atomic E-state index is 13.3. The molecule has 29 heavy (non-hydrogen) atoms. The standard InChI is InChI=1S/C21H25FN4O3/c22-16-5-1-3-14(9-16)10-19(28)25-8-6-17-18(12-25)23-24-20(17)21(29)26-7-2-4-15(11-26)13-27/h1,3,5,9,15,27H,2,4,6-8,10-13H2,(H,23,24). The number of piperidine rings is 1. The number of rotatable bonds is 4. The van der Waals surface area contributed by atoms with E-state index in [4.69, 9.17) is 0 Å². The number of aliphatic hydroxyl groups excluding tert-OH is 1. The van der Waals surface area contributed by atoms with Crippen molar-refractivity contribution in [2.75, 3.05) is 26.2 Å². The Kier molecular flexibility index (Phi) is 5.62. The minimum atomic E-state index is -0.353. The largest absolute Gasteiger partial charge is 0.396 e. The summed E-state index contributed by atoms with van der Waals surface area (Å²) in [6.45, 7) is 2.18. The average Bonchev–Trinajstić information content (AvgIpc) is 3.16. The van der Waals surface area contributed by atoms with Gasteiger partial charge in [-0.3, -0.25) is 14.7 Å². The molecule has 0 bridgehead atoms. The van der Waals surface area contributed by atoms with Crippen molar-refractivity contribution in [3.63, 3.8) is 0 Å². The lowest BCUT2D eigenvalue weighted by Gasteiger charge is -2.32. The van der Waals surface area contributed by atoms with Gasteiger partial charge in [0.1, 0.15) is 5.82 Å². The number of likely N-dealkylation sites (tertiary alicyclic amines) is 1. The van der Waals surface area contributed by atoms with E-state index >= 15 is 0 Å². The summed E-state index contributed by atoms with van der Waals surface area (Å²) in [5.74, 6) is -0.418. The van der Waals surface area contributed by atoms with Crippen molar-refractivity contribution >= 4 is 11.8 Å². The molecular formula is C21H25FN4O3. The number of amides is 2. The van der Waals surface area contributed by atoms with Crippen LogP contribution in [0.5, 0.6) is 0 Å². The van der Waals surface area contributed by atoms with E-state index in [1.165, 1.54) is 12.1 Å². The third-order valence-electron chi connectivity index (χ3n) is 5.80. The van der Waals surface area contributed by atoms with Gasteiger partial charge in [0.05, 0.1) is 18.7 Å². The van der Waals surface area contributed by atoms with Crippen molar-refractivity contribution in [2.24, 2.45) is 5.92 Å². The highest BCUT2D eigenvalue weighted by Crippen LogP contribution is 2.24. The maximum Gasteiger partial charge on any atom is 0.274 e. The lowest BCUT2D eigenvalue weighted by atomic mass is 9.97. The Morgan fingerprint density at radius 3 is 2.93 bits per heavy atom. The SMILES string of the molecule is O=C(Cc1cccc(F)c1)N1CCc2c(C(=O)N3CCCC(CO)C3)n[nH]c2C1. The lowest BCUT2D eigenvalue weighted by molar-refractivity contribution is -0.131. The number of nitrogens with zero attached hydrogens (tertiary/aromatic N) is 3. The van der Waals surface area contributed by atoms with Crippen molar-refractivity contribution < 1.29 is 19.1 Å². The van der Waals surface area contributed by atoms with Crippen LogP contribution in [0.15, 0.2) is 24.3 Å². The van der Waals surface area contributed by atoms with Gasteiger partial charge in [0.2, 0.25) is 5.91 Å². The minimum absolute atomic E-state index is 0.0782. The van der Waals surface area contributed by atoms with Gasteiger partial charge in [-0.15, -0.1) is 0 Å². The number of fused-ring (bicyclic) bond motifs is 1. The first kappa shape index (κ1) is 19.6. The molecule has 1 saturated heterocycles. The molecular weight excluding hydrogens is 375 g/mol. The zero-order valence-electron chi connectivity index (χ0n) is 16.2. The summed E-state index contributed by atoms with van der Waals surface area (Å²) in [4.78, 5) is 29.0. The average molecular weight is 400 g/mol. The smallest absolute Gasteiger partial charge is 0.274 e. The van der Waals surface area contributed by atoms with E-state index in [0.29, 0.717) is 43.9 Å². The van der Waals surface area contributed by atoms with Gasteiger partial charge in [-0.05, 0) is 42.9 Å². The number of benzene rings is 1. The first-order valence-corrected chi connectivity index (χ1v) is 10.0. The van der Waals surface area contributed by atoms with Crippen molar-refractivity contribution in [2.45, 2.75) is 32.2 Å². The monoisotopic (exact) mass is 400 g/mol. The van der Waals surface area contributed by atoms with E-state index in [1.54, 1.807) is 21.9 Å². The summed E-state index contributed by atoms with van der Waals surface area (Å²) in [5, 5.41) is 16.6. The van der Waals surface area contributed by atoms with Crippen LogP contribution in [-0.4, -0.2) is 63.2 Å². The number of carbonyl (C=O) groups excluding carboxylic acids is 2. The molecule has 2 aliphatic rings. The molecule has 8 heteroatoms. The first-order valence-electron chi connectivity index (χ1n) is 10.0. The highest BCUT2D eigenvalue weighted by molar-refractivity contribution is 5.94. The Balaban J connectivity index is 1.43. The molecule has 0 spiro atoms. The zero-order valence-corrected chi connectivity index (χ0v) is 16.2. The van der Waals surface area contributed by atoms with E-state index in [0.717, 1.165) is 24.1 Å². The second-order valence-electron chi connectivity index (χ2n) is 7.84. The van der Waals surface area contributed by atoms with Gasteiger partial charge in [0.15, 0.2) is 5.69 Å². The molecule has 2 amide bonds. The Labute approximate surface area is 168 Å². The Morgan fingerprint density at radius 2 is 2.14 bits per heavy atom. The summed E-state index contributed by atoms with van der Waals surface area (Å²) < 4.78 is 13.3. The zero-order chi connectivity index (χ0) is 20.4. The van der Waals surface area contributed by atoms with Gasteiger partial charge in [-0.25, -0.2) is 4.39 Å². The summed E-state index contributed by atoms with van der Waals surface area (Å²) in [6, 6.07) is 6.07. The van der Waals surface area contributed by atoms with Gasteiger partial charge in [0.25, 0.3) is 5.91 Å². The number of hydrogen-bond acceptors (Lipinski definition) is 4. The normalized spacial score (nSPS) is 19.2. The molecule has 4 rings (SSSR count). The quantitative estimate of drug-likeness (QED) is 0.814. The van der Waals surface area contributed by atoms with Crippen LogP contribution < -0.4 is 0 Å². The van der Waals surface area contributed by atoms with Crippen LogP contribution in [-0.2, 0) is 24.2 Å². The third-order valence-corrected chi connectivity index (χ3v) is 5.80. The van der Waals surface area contributed by atoms with E-state index in [-0.39, 0.29) is 36.6 Å². The van der Waals surface area contributed by atoms with Crippen LogP contribution in [0.1, 0.15) is 40.2 Å². The molecule has 2 aliphatic heterocycles. The summed E-state index contributed by atoms with van der Waals surface area (Å²) in [7, 11) is 0. The van der Waals surface area contributed by atoms with E-state index in [9.17, 15) is 19.1 Å². The number of hydrogen-bond donors (Lipinski definition) is 2. The fourth-order valence-electron chi connectivity index (χ4n) is 4.19. The van der Waals surface area contributed by atoms with Crippen LogP contribution >= 0.6 is 0 Å². The lowest BCUT2D eigenvalue weighted by Crippen LogP contribution is -2.42. The molecule has 1 aromatic heterocycles. The predicted molar refractivity (Wildman–Crippen MR) is 104 cm³/mol. The topological polar surface area (TPSA) is 89.5 Å². The van der Waals surface area contributed by atoms with Crippen LogP contribution in [0.4, 0.5) is 4.39 Å². The van der Waals surface area contributed by atoms with Crippen LogP contribution in [0.2, 0.25) is 0 Å². The fraction of sp³-hybridized carbons (Fsp3) is 0.476. The van der Waals surface area contributed by atoms with Crippen LogP contribution in [0.25, 0.3) is 0 Å². The third kappa shape index (κ3) is 4.17. The highest BCUT2D eigenvalue weighted by Gasteiger charge is 2.31. The van der Waals surface area contributed by atoms with Crippen molar-refractivity contribution in [1.29, 1.82) is 0 Å². The van der Waals surface area contributed by atoms with Crippen molar-refractivity contribution in [1.82, 2.24) is 20.0 Å². The number of aliphatic hydroxyl groups is 1. The van der Waals surface area contributed by atoms with Crippen LogP contribution in [0.3, 0.4) is 0 Å². The molecule has 0 radical (unpaired) electrons.